The number of amides is 2. The molecule has 148 valence electrons. The molecule has 1 fully saturated rings. The molecule has 2 bridgehead atoms. The van der Waals surface area contributed by atoms with Gasteiger partial charge in [0.1, 0.15) is 11.7 Å². The monoisotopic (exact) mass is 382 g/mol. The molecule has 2 N–H and O–H groups in total. The van der Waals surface area contributed by atoms with Crippen LogP contribution in [0.4, 0.5) is 0 Å². The number of piperidine rings is 1. The van der Waals surface area contributed by atoms with E-state index >= 15 is 0 Å². The molecular formula is C21H26N4O3. The van der Waals surface area contributed by atoms with Gasteiger partial charge in [-0.15, -0.1) is 0 Å². The molecule has 3 atom stereocenters. The first-order valence-corrected chi connectivity index (χ1v) is 9.61. The van der Waals surface area contributed by atoms with E-state index in [1.54, 1.807) is 4.90 Å². The van der Waals surface area contributed by atoms with Crippen molar-refractivity contribution in [3.8, 4) is 5.75 Å². The van der Waals surface area contributed by atoms with Crippen LogP contribution in [-0.4, -0.2) is 38.8 Å². The molecule has 2 aromatic rings. The molecule has 2 aliphatic heterocycles. The highest BCUT2D eigenvalue weighted by atomic mass is 16.5. The fourth-order valence-electron chi connectivity index (χ4n) is 4.78. The number of rotatable bonds is 4. The Bertz CT molecular complexity index is 967. The third-order valence-electron chi connectivity index (χ3n) is 6.30. The zero-order chi connectivity index (χ0) is 20.2. The molecule has 0 spiro atoms. The Hall–Kier alpha value is -2.83. The highest BCUT2D eigenvalue weighted by Gasteiger charge is 2.55. The molecule has 2 aliphatic rings. The summed E-state index contributed by atoms with van der Waals surface area (Å²) in [5, 5.41) is 4.45. The maximum Gasteiger partial charge on any atom is 0.238 e. The van der Waals surface area contributed by atoms with Gasteiger partial charge in [0.15, 0.2) is 5.72 Å². The lowest BCUT2D eigenvalue weighted by atomic mass is 9.73. The Morgan fingerprint density at radius 2 is 2.07 bits per heavy atom. The fourth-order valence-corrected chi connectivity index (χ4v) is 4.78. The van der Waals surface area contributed by atoms with Gasteiger partial charge < -0.3 is 15.4 Å². The number of carbonyl (C=O) groups excluding carboxylic acids is 2. The number of nitrogens with zero attached hydrogens (tertiary/aromatic N) is 3. The van der Waals surface area contributed by atoms with Crippen LogP contribution in [0.1, 0.15) is 41.8 Å². The van der Waals surface area contributed by atoms with Crippen molar-refractivity contribution in [2.45, 2.75) is 45.3 Å². The van der Waals surface area contributed by atoms with Crippen molar-refractivity contribution < 1.29 is 14.3 Å². The molecule has 0 aliphatic carbocycles. The van der Waals surface area contributed by atoms with Gasteiger partial charge in [-0.05, 0) is 44.4 Å². The molecule has 0 radical (unpaired) electrons. The predicted molar refractivity (Wildman–Crippen MR) is 104 cm³/mol. The minimum absolute atomic E-state index is 0.250. The smallest absolute Gasteiger partial charge is 0.238 e. The van der Waals surface area contributed by atoms with Gasteiger partial charge in [0, 0.05) is 31.6 Å². The Balaban J connectivity index is 1.70. The van der Waals surface area contributed by atoms with Gasteiger partial charge in [-0.25, -0.2) is 0 Å². The van der Waals surface area contributed by atoms with Crippen molar-refractivity contribution in [2.24, 2.45) is 18.7 Å². The first-order chi connectivity index (χ1) is 13.2. The van der Waals surface area contributed by atoms with Crippen LogP contribution in [0.15, 0.2) is 24.3 Å². The van der Waals surface area contributed by atoms with Crippen LogP contribution in [0, 0.1) is 19.8 Å². The number of para-hydroxylation sites is 1. The van der Waals surface area contributed by atoms with Crippen LogP contribution in [0.3, 0.4) is 0 Å². The van der Waals surface area contributed by atoms with Crippen LogP contribution in [0.25, 0.3) is 0 Å². The van der Waals surface area contributed by atoms with Crippen LogP contribution < -0.4 is 10.5 Å². The standard InChI is InChI=1S/C21H26N4O3/c1-12-14(13(2)24(4)23-12)9-10-25-20(27)18(19(22)26)16-11-21(25,3)28-17-8-6-5-7-15(16)17/h5-8,16,18H,9-11H2,1-4H3,(H2,22,26). The summed E-state index contributed by atoms with van der Waals surface area (Å²) in [5.41, 5.74) is 8.91. The number of likely N-dealkylation sites (tertiary alicyclic amines) is 1. The summed E-state index contributed by atoms with van der Waals surface area (Å²) in [7, 11) is 1.91. The average molecular weight is 382 g/mol. The van der Waals surface area contributed by atoms with Crippen LogP contribution >= 0.6 is 0 Å². The maximum atomic E-state index is 13.3. The molecule has 1 saturated heterocycles. The van der Waals surface area contributed by atoms with Crippen molar-refractivity contribution in [1.82, 2.24) is 14.7 Å². The summed E-state index contributed by atoms with van der Waals surface area (Å²) in [6.45, 7) is 6.36. The number of hydrogen-bond donors (Lipinski definition) is 1. The number of ether oxygens (including phenoxy) is 1. The molecule has 3 heterocycles. The van der Waals surface area contributed by atoms with E-state index in [9.17, 15) is 9.59 Å². The van der Waals surface area contributed by atoms with Gasteiger partial charge in [0.25, 0.3) is 0 Å². The van der Waals surface area contributed by atoms with Crippen molar-refractivity contribution in [3.05, 3.63) is 46.8 Å². The van der Waals surface area contributed by atoms with Crippen LogP contribution in [-0.2, 0) is 23.1 Å². The molecule has 1 aromatic heterocycles. The van der Waals surface area contributed by atoms with Gasteiger partial charge >= 0.3 is 0 Å². The Labute approximate surface area is 164 Å². The van der Waals surface area contributed by atoms with Crippen LogP contribution in [0.5, 0.6) is 5.75 Å². The third kappa shape index (κ3) is 2.68. The zero-order valence-electron chi connectivity index (χ0n) is 16.7. The molecule has 7 nitrogen and oxygen atoms in total. The van der Waals surface area contributed by atoms with Gasteiger partial charge in [-0.2, -0.15) is 5.10 Å². The van der Waals surface area contributed by atoms with Crippen molar-refractivity contribution in [1.29, 1.82) is 0 Å². The molecule has 7 heteroatoms. The molecule has 0 saturated carbocycles. The summed E-state index contributed by atoms with van der Waals surface area (Å²) in [6, 6.07) is 7.60. The molecular weight excluding hydrogens is 356 g/mol. The first-order valence-electron chi connectivity index (χ1n) is 9.61. The number of aryl methyl sites for hydroxylation is 2. The van der Waals surface area contributed by atoms with E-state index in [1.807, 2.05) is 56.8 Å². The van der Waals surface area contributed by atoms with E-state index in [2.05, 4.69) is 5.10 Å². The summed E-state index contributed by atoms with van der Waals surface area (Å²) in [6.07, 6.45) is 1.20. The topological polar surface area (TPSA) is 90.5 Å². The van der Waals surface area contributed by atoms with Gasteiger partial charge in [0.2, 0.25) is 11.8 Å². The lowest BCUT2D eigenvalue weighted by molar-refractivity contribution is -0.175. The summed E-state index contributed by atoms with van der Waals surface area (Å²) in [5.74, 6) is -1.22. The maximum absolute atomic E-state index is 13.3. The Morgan fingerprint density at radius 1 is 1.36 bits per heavy atom. The lowest BCUT2D eigenvalue weighted by Crippen LogP contribution is -2.64. The summed E-state index contributed by atoms with van der Waals surface area (Å²) >= 11 is 0. The van der Waals surface area contributed by atoms with Gasteiger partial charge in [-0.1, -0.05) is 18.2 Å². The lowest BCUT2D eigenvalue weighted by Gasteiger charge is -2.52. The average Bonchev–Trinajstić information content (AvgIpc) is 2.86. The number of primary amides is 1. The number of benzene rings is 1. The van der Waals surface area contributed by atoms with E-state index in [-0.39, 0.29) is 11.8 Å². The minimum atomic E-state index is -0.866. The second-order valence-corrected chi connectivity index (χ2v) is 8.02. The largest absolute Gasteiger partial charge is 0.468 e. The van der Waals surface area contributed by atoms with Crippen molar-refractivity contribution in [2.75, 3.05) is 6.54 Å². The predicted octanol–water partition coefficient (Wildman–Crippen LogP) is 1.81. The van der Waals surface area contributed by atoms with Gasteiger partial charge in [-0.3, -0.25) is 14.3 Å². The first kappa shape index (κ1) is 18.5. The van der Waals surface area contributed by atoms with Gasteiger partial charge in [0.05, 0.1) is 5.69 Å². The fraction of sp³-hybridized carbons (Fsp3) is 0.476. The molecule has 28 heavy (non-hydrogen) atoms. The number of aromatic nitrogens is 2. The summed E-state index contributed by atoms with van der Waals surface area (Å²) in [4.78, 5) is 27.2. The van der Waals surface area contributed by atoms with Crippen LogP contribution in [0.2, 0.25) is 0 Å². The van der Waals surface area contributed by atoms with Crippen molar-refractivity contribution >= 4 is 11.8 Å². The van der Waals surface area contributed by atoms with E-state index in [0.29, 0.717) is 19.4 Å². The number of fused-ring (bicyclic) bond motifs is 4. The molecule has 3 unspecified atom stereocenters. The minimum Gasteiger partial charge on any atom is -0.468 e. The number of hydrogen-bond acceptors (Lipinski definition) is 4. The highest BCUT2D eigenvalue weighted by molar-refractivity contribution is 6.01. The normalized spacial score (nSPS) is 26.0. The van der Waals surface area contributed by atoms with E-state index in [0.717, 1.165) is 28.3 Å². The Kier molecular flexibility index (Phi) is 4.21. The van der Waals surface area contributed by atoms with Crippen molar-refractivity contribution in [3.63, 3.8) is 0 Å². The Morgan fingerprint density at radius 3 is 2.71 bits per heavy atom. The van der Waals surface area contributed by atoms with E-state index < -0.39 is 17.6 Å². The molecule has 2 amide bonds. The highest BCUT2D eigenvalue weighted by Crippen LogP contribution is 2.50. The quantitative estimate of drug-likeness (QED) is 0.817. The zero-order valence-corrected chi connectivity index (χ0v) is 16.7. The molecule has 4 rings (SSSR count). The molecule has 1 aromatic carbocycles. The summed E-state index contributed by atoms with van der Waals surface area (Å²) < 4.78 is 8.13. The second kappa shape index (κ2) is 6.36. The third-order valence-corrected chi connectivity index (χ3v) is 6.30. The van der Waals surface area contributed by atoms with E-state index in [4.69, 9.17) is 10.5 Å². The number of carbonyl (C=O) groups is 2. The second-order valence-electron chi connectivity index (χ2n) is 8.02. The van der Waals surface area contributed by atoms with E-state index in [1.165, 1.54) is 0 Å². The number of nitrogens with two attached hydrogens (primary N) is 1. The SMILES string of the molecule is Cc1nn(C)c(C)c1CCN1C(=O)C(C(N)=O)C2CC1(C)Oc1ccccc12.